The van der Waals surface area contributed by atoms with Gasteiger partial charge in [-0.25, -0.2) is 13.4 Å². The summed E-state index contributed by atoms with van der Waals surface area (Å²) in [6, 6.07) is 12.6. The van der Waals surface area contributed by atoms with E-state index in [-0.39, 0.29) is 27.8 Å². The Morgan fingerprint density at radius 3 is 2.56 bits per heavy atom. The van der Waals surface area contributed by atoms with Gasteiger partial charge in [-0.05, 0) is 30.3 Å². The van der Waals surface area contributed by atoms with Crippen molar-refractivity contribution in [2.75, 3.05) is 5.32 Å². The Morgan fingerprint density at radius 1 is 1.12 bits per heavy atom. The lowest BCUT2D eigenvalue weighted by molar-refractivity contribution is 0.0995. The number of hydrogen-bond donors (Lipinski definition) is 1. The molecule has 0 saturated carbocycles. The highest BCUT2D eigenvalue weighted by molar-refractivity contribution is 7.90. The third-order valence-corrected chi connectivity index (χ3v) is 5.27. The van der Waals surface area contributed by atoms with Crippen LogP contribution in [-0.4, -0.2) is 19.3 Å². The Labute approximate surface area is 149 Å². The molecule has 8 heteroatoms. The van der Waals surface area contributed by atoms with Crippen LogP contribution in [0, 0.1) is 0 Å². The van der Waals surface area contributed by atoms with Gasteiger partial charge in [0.15, 0.2) is 15.6 Å². The quantitative estimate of drug-likeness (QED) is 0.735. The molecule has 0 bridgehead atoms. The van der Waals surface area contributed by atoms with Gasteiger partial charge in [-0.15, -0.1) is 0 Å². The van der Waals surface area contributed by atoms with E-state index in [1.165, 1.54) is 36.7 Å². The van der Waals surface area contributed by atoms with Crippen LogP contribution in [0.1, 0.15) is 16.1 Å². The van der Waals surface area contributed by atoms with Crippen molar-refractivity contribution < 1.29 is 17.6 Å². The molecule has 128 valence electrons. The van der Waals surface area contributed by atoms with Gasteiger partial charge in [0.1, 0.15) is 5.82 Å². The average Bonchev–Trinajstić information content (AvgIpc) is 3.05. The van der Waals surface area contributed by atoms with Crippen molar-refractivity contribution in [3.05, 3.63) is 77.3 Å². The topological polar surface area (TPSA) is 89.3 Å². The minimum atomic E-state index is -3.59. The summed E-state index contributed by atoms with van der Waals surface area (Å²) in [6.07, 6.45) is 2.67. The Morgan fingerprint density at radius 2 is 1.88 bits per heavy atom. The number of nitrogens with zero attached hydrogens (tertiary/aromatic N) is 1. The van der Waals surface area contributed by atoms with Crippen LogP contribution in [0.3, 0.4) is 0 Å². The fourth-order valence-corrected chi connectivity index (χ4v) is 3.67. The van der Waals surface area contributed by atoms with Crippen LogP contribution < -0.4 is 5.32 Å². The number of carbonyl (C=O) groups is 1. The predicted molar refractivity (Wildman–Crippen MR) is 93.2 cm³/mol. The van der Waals surface area contributed by atoms with Crippen LogP contribution in [0.2, 0.25) is 5.02 Å². The molecule has 1 aromatic carbocycles. The van der Waals surface area contributed by atoms with Crippen molar-refractivity contribution in [2.45, 2.75) is 10.6 Å². The lowest BCUT2D eigenvalue weighted by Gasteiger charge is -2.06. The van der Waals surface area contributed by atoms with Gasteiger partial charge in [0.05, 0.1) is 21.9 Å². The molecule has 1 N–H and O–H groups in total. The third kappa shape index (κ3) is 4.07. The minimum Gasteiger partial charge on any atom is -0.459 e. The van der Waals surface area contributed by atoms with Crippen LogP contribution in [0.25, 0.3) is 0 Å². The van der Waals surface area contributed by atoms with Gasteiger partial charge >= 0.3 is 0 Å². The minimum absolute atomic E-state index is 0.0729. The Hall–Kier alpha value is -2.64. The van der Waals surface area contributed by atoms with E-state index in [2.05, 4.69) is 10.3 Å². The van der Waals surface area contributed by atoms with E-state index in [9.17, 15) is 13.2 Å². The number of sulfone groups is 1. The average molecular weight is 377 g/mol. The number of rotatable bonds is 5. The number of pyridine rings is 1. The Balaban J connectivity index is 1.80. The van der Waals surface area contributed by atoms with Crippen molar-refractivity contribution in [1.82, 2.24) is 4.98 Å². The fourth-order valence-electron chi connectivity index (χ4n) is 2.19. The van der Waals surface area contributed by atoms with Crippen LogP contribution in [0.5, 0.6) is 0 Å². The molecular weight excluding hydrogens is 364 g/mol. The second kappa shape index (κ2) is 7.08. The second-order valence-electron chi connectivity index (χ2n) is 5.16. The van der Waals surface area contributed by atoms with Crippen LogP contribution >= 0.6 is 11.6 Å². The number of aromatic nitrogens is 1. The van der Waals surface area contributed by atoms with Gasteiger partial charge in [-0.3, -0.25) is 4.79 Å². The smallest absolute Gasteiger partial charge is 0.292 e. The Bertz CT molecular complexity index is 983. The summed E-state index contributed by atoms with van der Waals surface area (Å²) in [5.74, 6) is -0.721. The summed E-state index contributed by atoms with van der Waals surface area (Å²) in [5.41, 5.74) is 0.273. The first-order chi connectivity index (χ1) is 12.0. The zero-order valence-corrected chi connectivity index (χ0v) is 14.4. The standard InChI is InChI=1S/C17H13ClN2O4S/c18-13-6-7-15(19-10-13)20-17(21)16-12(8-9-24-16)11-25(22,23)14-4-2-1-3-5-14/h1-10H,11H2,(H,19,20,21). The number of nitrogens with one attached hydrogen (secondary N) is 1. The summed E-state index contributed by atoms with van der Waals surface area (Å²) in [5, 5.41) is 2.98. The van der Waals surface area contributed by atoms with E-state index in [1.807, 2.05) is 0 Å². The molecule has 6 nitrogen and oxygen atoms in total. The molecule has 0 aliphatic heterocycles. The van der Waals surface area contributed by atoms with Gasteiger partial charge in [-0.2, -0.15) is 0 Å². The van der Waals surface area contributed by atoms with Crippen molar-refractivity contribution in [1.29, 1.82) is 0 Å². The number of furan rings is 1. The van der Waals surface area contributed by atoms with E-state index in [4.69, 9.17) is 16.0 Å². The lowest BCUT2D eigenvalue weighted by Crippen LogP contribution is -2.15. The van der Waals surface area contributed by atoms with E-state index in [1.54, 1.807) is 24.3 Å². The number of hydrogen-bond acceptors (Lipinski definition) is 5. The molecule has 0 radical (unpaired) electrons. The summed E-state index contributed by atoms with van der Waals surface area (Å²) in [6.45, 7) is 0. The molecule has 3 rings (SSSR count). The van der Waals surface area contributed by atoms with E-state index < -0.39 is 15.7 Å². The molecule has 0 aliphatic rings. The summed E-state index contributed by atoms with van der Waals surface area (Å²) < 4.78 is 30.1. The maximum Gasteiger partial charge on any atom is 0.292 e. The predicted octanol–water partition coefficient (Wildman–Crippen LogP) is 3.55. The largest absolute Gasteiger partial charge is 0.459 e. The van der Waals surface area contributed by atoms with Crippen LogP contribution in [-0.2, 0) is 15.6 Å². The maximum absolute atomic E-state index is 12.5. The zero-order chi connectivity index (χ0) is 17.9. The number of benzene rings is 1. The highest BCUT2D eigenvalue weighted by atomic mass is 35.5. The second-order valence-corrected chi connectivity index (χ2v) is 7.59. The molecule has 0 unspecified atom stereocenters. The number of carbonyl (C=O) groups excluding carboxylic acids is 1. The van der Waals surface area contributed by atoms with Crippen LogP contribution in [0.15, 0.2) is 70.3 Å². The molecule has 2 aromatic heterocycles. The van der Waals surface area contributed by atoms with Gasteiger partial charge in [0.25, 0.3) is 5.91 Å². The monoisotopic (exact) mass is 376 g/mol. The van der Waals surface area contributed by atoms with Gasteiger partial charge in [0.2, 0.25) is 0 Å². The molecule has 0 spiro atoms. The fraction of sp³-hybridized carbons (Fsp3) is 0.0588. The van der Waals surface area contributed by atoms with Crippen molar-refractivity contribution in [3.63, 3.8) is 0 Å². The SMILES string of the molecule is O=C(Nc1ccc(Cl)cn1)c1occc1CS(=O)(=O)c1ccccc1. The van der Waals surface area contributed by atoms with E-state index >= 15 is 0 Å². The third-order valence-electron chi connectivity index (χ3n) is 3.37. The molecule has 2 heterocycles. The summed E-state index contributed by atoms with van der Waals surface area (Å²) in [4.78, 5) is 16.5. The summed E-state index contributed by atoms with van der Waals surface area (Å²) in [7, 11) is -3.59. The van der Waals surface area contributed by atoms with Crippen molar-refractivity contribution >= 4 is 33.2 Å². The first kappa shape index (κ1) is 17.2. The highest BCUT2D eigenvalue weighted by Gasteiger charge is 2.22. The van der Waals surface area contributed by atoms with Gasteiger partial charge in [-0.1, -0.05) is 29.8 Å². The molecule has 1 amide bonds. The van der Waals surface area contributed by atoms with E-state index in [0.29, 0.717) is 5.02 Å². The van der Waals surface area contributed by atoms with Crippen LogP contribution in [0.4, 0.5) is 5.82 Å². The molecular formula is C17H13ClN2O4S. The molecule has 0 saturated heterocycles. The Kier molecular flexibility index (Phi) is 4.87. The summed E-state index contributed by atoms with van der Waals surface area (Å²) >= 11 is 5.74. The lowest BCUT2D eigenvalue weighted by atomic mass is 10.2. The molecule has 25 heavy (non-hydrogen) atoms. The van der Waals surface area contributed by atoms with Gasteiger partial charge < -0.3 is 9.73 Å². The number of amides is 1. The molecule has 0 aliphatic carbocycles. The zero-order valence-electron chi connectivity index (χ0n) is 12.8. The number of anilines is 1. The first-order valence-corrected chi connectivity index (χ1v) is 9.26. The molecule has 3 aromatic rings. The molecule has 0 fully saturated rings. The van der Waals surface area contributed by atoms with E-state index in [0.717, 1.165) is 0 Å². The van der Waals surface area contributed by atoms with Gasteiger partial charge in [0, 0.05) is 11.8 Å². The first-order valence-electron chi connectivity index (χ1n) is 7.23. The highest BCUT2D eigenvalue weighted by Crippen LogP contribution is 2.21. The van der Waals surface area contributed by atoms with Crippen molar-refractivity contribution in [3.8, 4) is 0 Å². The molecule has 0 atom stereocenters. The number of halogens is 1. The van der Waals surface area contributed by atoms with Crippen molar-refractivity contribution in [2.24, 2.45) is 0 Å². The normalized spacial score (nSPS) is 11.2. The maximum atomic E-state index is 12.5.